The lowest BCUT2D eigenvalue weighted by atomic mass is 10.1. The van der Waals surface area contributed by atoms with Gasteiger partial charge in [-0.1, -0.05) is 18.2 Å². The number of carbonyl (C=O) groups excluding carboxylic acids is 2. The van der Waals surface area contributed by atoms with Crippen LogP contribution in [0.25, 0.3) is 10.9 Å². The third-order valence-corrected chi connectivity index (χ3v) is 5.34. The lowest BCUT2D eigenvalue weighted by molar-refractivity contribution is -0.115. The van der Waals surface area contributed by atoms with Gasteiger partial charge in [0.15, 0.2) is 0 Å². The molecule has 0 atom stereocenters. The summed E-state index contributed by atoms with van der Waals surface area (Å²) >= 11 is 1.38. The Morgan fingerprint density at radius 3 is 2.67 bits per heavy atom. The largest absolute Gasteiger partial charge is 0.365 e. The lowest BCUT2D eigenvalue weighted by Gasteiger charge is -2.05. The number of fused-ring (bicyclic) bond motifs is 1. The number of nitrogens with zero attached hydrogens (tertiary/aromatic N) is 1. The van der Waals surface area contributed by atoms with Gasteiger partial charge in [0, 0.05) is 29.0 Å². The van der Waals surface area contributed by atoms with Crippen molar-refractivity contribution in [3.8, 4) is 0 Å². The molecule has 0 fully saturated rings. The van der Waals surface area contributed by atoms with E-state index in [1.54, 1.807) is 0 Å². The molecular formula is C18H19N3O2S. The van der Waals surface area contributed by atoms with Crippen LogP contribution in [-0.2, 0) is 18.3 Å². The van der Waals surface area contributed by atoms with Crippen molar-refractivity contribution in [2.24, 2.45) is 12.8 Å². The van der Waals surface area contributed by atoms with Crippen LogP contribution in [0.1, 0.15) is 26.4 Å². The summed E-state index contributed by atoms with van der Waals surface area (Å²) in [5.74, 6) is -0.674. The summed E-state index contributed by atoms with van der Waals surface area (Å²) in [5, 5.41) is 4.43. The van der Waals surface area contributed by atoms with Crippen molar-refractivity contribution in [1.29, 1.82) is 0 Å². The van der Waals surface area contributed by atoms with E-state index in [9.17, 15) is 9.59 Å². The molecular weight excluding hydrogens is 322 g/mol. The van der Waals surface area contributed by atoms with E-state index in [2.05, 4.69) is 5.32 Å². The zero-order valence-corrected chi connectivity index (χ0v) is 14.7. The van der Waals surface area contributed by atoms with E-state index >= 15 is 0 Å². The van der Waals surface area contributed by atoms with Crippen LogP contribution in [0.3, 0.4) is 0 Å². The predicted molar refractivity (Wildman–Crippen MR) is 97.6 cm³/mol. The second kappa shape index (κ2) is 6.13. The molecule has 0 unspecified atom stereocenters. The summed E-state index contributed by atoms with van der Waals surface area (Å²) in [7, 11) is 1.96. The first-order chi connectivity index (χ1) is 11.4. The molecule has 124 valence electrons. The van der Waals surface area contributed by atoms with E-state index in [1.165, 1.54) is 11.3 Å². The monoisotopic (exact) mass is 341 g/mol. The molecule has 0 aliphatic rings. The van der Waals surface area contributed by atoms with Crippen molar-refractivity contribution in [1.82, 2.24) is 4.57 Å². The summed E-state index contributed by atoms with van der Waals surface area (Å²) in [4.78, 5) is 25.1. The van der Waals surface area contributed by atoms with Gasteiger partial charge in [0.1, 0.15) is 5.00 Å². The second-order valence-corrected chi connectivity index (χ2v) is 7.08. The third-order valence-electron chi connectivity index (χ3n) is 4.22. The number of rotatable bonds is 4. The number of hydrogen-bond donors (Lipinski definition) is 2. The van der Waals surface area contributed by atoms with Crippen molar-refractivity contribution >= 4 is 39.1 Å². The van der Waals surface area contributed by atoms with Crippen LogP contribution >= 0.6 is 11.3 Å². The minimum atomic E-state index is -0.516. The Bertz CT molecular complexity index is 953. The van der Waals surface area contributed by atoms with Crippen LogP contribution in [0.4, 0.5) is 5.00 Å². The molecule has 0 bridgehead atoms. The van der Waals surface area contributed by atoms with E-state index in [1.807, 2.05) is 55.9 Å². The fraction of sp³-hybridized carbons (Fsp3) is 0.222. The first-order valence-corrected chi connectivity index (χ1v) is 8.42. The third kappa shape index (κ3) is 2.80. The minimum absolute atomic E-state index is 0.157. The molecule has 6 heteroatoms. The number of amides is 2. The zero-order chi connectivity index (χ0) is 17.4. The number of nitrogens with one attached hydrogen (secondary N) is 1. The Balaban J connectivity index is 1.86. The number of primary amides is 1. The molecule has 3 N–H and O–H groups in total. The van der Waals surface area contributed by atoms with Gasteiger partial charge >= 0.3 is 0 Å². The Hall–Kier alpha value is -2.60. The van der Waals surface area contributed by atoms with Crippen LogP contribution < -0.4 is 11.1 Å². The summed E-state index contributed by atoms with van der Waals surface area (Å²) in [6, 6.07) is 7.96. The quantitative estimate of drug-likeness (QED) is 0.765. The van der Waals surface area contributed by atoms with Crippen molar-refractivity contribution in [3.05, 3.63) is 52.0 Å². The molecule has 2 amide bonds. The smallest absolute Gasteiger partial charge is 0.251 e. The number of aryl methyl sites for hydroxylation is 2. The maximum atomic E-state index is 12.5. The fourth-order valence-corrected chi connectivity index (χ4v) is 4.00. The van der Waals surface area contributed by atoms with Crippen LogP contribution in [0.15, 0.2) is 30.5 Å². The van der Waals surface area contributed by atoms with E-state index in [4.69, 9.17) is 5.73 Å². The maximum Gasteiger partial charge on any atom is 0.251 e. The number of hydrogen-bond acceptors (Lipinski definition) is 3. The topological polar surface area (TPSA) is 77.1 Å². The van der Waals surface area contributed by atoms with Gasteiger partial charge in [0.2, 0.25) is 5.91 Å². The molecule has 0 aliphatic carbocycles. The summed E-state index contributed by atoms with van der Waals surface area (Å²) < 4.78 is 2.01. The molecule has 1 aromatic carbocycles. The highest BCUT2D eigenvalue weighted by atomic mass is 32.1. The van der Waals surface area contributed by atoms with E-state index in [0.29, 0.717) is 10.6 Å². The molecule has 24 heavy (non-hydrogen) atoms. The van der Waals surface area contributed by atoms with Crippen LogP contribution in [0.5, 0.6) is 0 Å². The highest BCUT2D eigenvalue weighted by molar-refractivity contribution is 7.16. The molecule has 0 spiro atoms. The van der Waals surface area contributed by atoms with Crippen LogP contribution in [-0.4, -0.2) is 16.4 Å². The molecule has 3 aromatic rings. The number of carbonyl (C=O) groups is 2. The molecule has 0 saturated carbocycles. The van der Waals surface area contributed by atoms with Gasteiger partial charge < -0.3 is 15.6 Å². The van der Waals surface area contributed by atoms with Crippen molar-refractivity contribution in [3.63, 3.8) is 0 Å². The first kappa shape index (κ1) is 16.3. The fourth-order valence-electron chi connectivity index (χ4n) is 2.92. The molecule has 5 nitrogen and oxygen atoms in total. The van der Waals surface area contributed by atoms with Gasteiger partial charge in [-0.2, -0.15) is 0 Å². The molecule has 0 radical (unpaired) electrons. The standard InChI is InChI=1S/C18H19N3O2S/c1-10-11(2)24-18(16(10)17(19)23)20-15(22)8-12-9-21(3)14-7-5-4-6-13(12)14/h4-7,9H,8H2,1-3H3,(H2,19,23)(H,20,22). The number of para-hydroxylation sites is 1. The summed E-state index contributed by atoms with van der Waals surface area (Å²) in [5.41, 5.74) is 8.72. The Morgan fingerprint density at radius 1 is 1.25 bits per heavy atom. The van der Waals surface area contributed by atoms with E-state index < -0.39 is 5.91 Å². The highest BCUT2D eigenvalue weighted by Crippen LogP contribution is 2.32. The Morgan fingerprint density at radius 2 is 1.96 bits per heavy atom. The molecule has 2 heterocycles. The number of aromatic nitrogens is 1. The zero-order valence-electron chi connectivity index (χ0n) is 13.8. The van der Waals surface area contributed by atoms with Crippen LogP contribution in [0.2, 0.25) is 0 Å². The minimum Gasteiger partial charge on any atom is -0.365 e. The second-order valence-electron chi connectivity index (χ2n) is 5.86. The van der Waals surface area contributed by atoms with Gasteiger partial charge in [-0.3, -0.25) is 9.59 Å². The van der Waals surface area contributed by atoms with Crippen molar-refractivity contribution < 1.29 is 9.59 Å². The summed E-state index contributed by atoms with van der Waals surface area (Å²) in [6.07, 6.45) is 2.21. The van der Waals surface area contributed by atoms with E-state index in [-0.39, 0.29) is 12.3 Å². The van der Waals surface area contributed by atoms with Crippen molar-refractivity contribution in [2.75, 3.05) is 5.32 Å². The molecule has 2 aromatic heterocycles. The Kier molecular flexibility index (Phi) is 4.15. The number of benzene rings is 1. The average Bonchev–Trinajstić information content (AvgIpc) is 2.97. The van der Waals surface area contributed by atoms with Gasteiger partial charge in [-0.25, -0.2) is 0 Å². The maximum absolute atomic E-state index is 12.5. The number of anilines is 1. The predicted octanol–water partition coefficient (Wildman–Crippen LogP) is 3.14. The van der Waals surface area contributed by atoms with Gasteiger partial charge in [0.25, 0.3) is 5.91 Å². The van der Waals surface area contributed by atoms with Gasteiger partial charge in [-0.15, -0.1) is 11.3 Å². The van der Waals surface area contributed by atoms with Gasteiger partial charge in [-0.05, 0) is 31.0 Å². The number of nitrogens with two attached hydrogens (primary N) is 1. The summed E-state index contributed by atoms with van der Waals surface area (Å²) in [6.45, 7) is 3.75. The highest BCUT2D eigenvalue weighted by Gasteiger charge is 2.19. The average molecular weight is 341 g/mol. The number of thiophene rings is 1. The molecule has 3 rings (SSSR count). The van der Waals surface area contributed by atoms with E-state index in [0.717, 1.165) is 26.9 Å². The SMILES string of the molecule is Cc1sc(NC(=O)Cc2cn(C)c3ccccc23)c(C(N)=O)c1C. The Labute approximate surface area is 144 Å². The normalized spacial score (nSPS) is 11.0. The lowest BCUT2D eigenvalue weighted by Crippen LogP contribution is -2.18. The van der Waals surface area contributed by atoms with Crippen LogP contribution in [0, 0.1) is 13.8 Å². The molecule has 0 saturated heterocycles. The first-order valence-electron chi connectivity index (χ1n) is 7.61. The van der Waals surface area contributed by atoms with Gasteiger partial charge in [0.05, 0.1) is 12.0 Å². The molecule has 0 aliphatic heterocycles. The van der Waals surface area contributed by atoms with Crippen molar-refractivity contribution in [2.45, 2.75) is 20.3 Å².